The highest BCUT2D eigenvalue weighted by molar-refractivity contribution is 9.10. The van der Waals surface area contributed by atoms with Crippen molar-refractivity contribution >= 4 is 31.6 Å². The number of rotatable bonds is 2. The molecule has 0 radical (unpaired) electrons. The van der Waals surface area contributed by atoms with Gasteiger partial charge in [0.05, 0.1) is 0 Å². The highest BCUT2D eigenvalue weighted by Gasteiger charge is 2.30. The molecule has 0 aliphatic carbocycles. The summed E-state index contributed by atoms with van der Waals surface area (Å²) in [6.07, 6.45) is 0. The highest BCUT2D eigenvalue weighted by Crippen LogP contribution is 2.28. The third-order valence-corrected chi connectivity index (χ3v) is 5.73. The van der Waals surface area contributed by atoms with Gasteiger partial charge in [-0.15, -0.1) is 0 Å². The minimum absolute atomic E-state index is 0.203. The van der Waals surface area contributed by atoms with Gasteiger partial charge in [-0.3, -0.25) is 0 Å². The number of nitrogen functional groups attached to an aromatic ring is 1. The Morgan fingerprint density at radius 1 is 1.26 bits per heavy atom. The molecule has 2 rings (SSSR count). The third kappa shape index (κ3) is 2.91. The van der Waals surface area contributed by atoms with Gasteiger partial charge in [-0.2, -0.15) is 4.31 Å². The number of nitrogens with two attached hydrogens (primary N) is 1. The smallest absolute Gasteiger partial charge is 0.246 e. The van der Waals surface area contributed by atoms with E-state index in [2.05, 4.69) is 15.9 Å². The van der Waals surface area contributed by atoms with Crippen LogP contribution >= 0.6 is 15.9 Å². The second-order valence-electron chi connectivity index (χ2n) is 4.51. The van der Waals surface area contributed by atoms with E-state index >= 15 is 0 Å². The van der Waals surface area contributed by atoms with Crippen LogP contribution in [0, 0.1) is 5.82 Å². The summed E-state index contributed by atoms with van der Waals surface area (Å²) in [6.45, 7) is 1.97. The molecule has 8 heteroatoms. The molecule has 1 aliphatic rings. The van der Waals surface area contributed by atoms with E-state index in [-0.39, 0.29) is 10.6 Å². The summed E-state index contributed by atoms with van der Waals surface area (Å²) in [5, 5.41) is 0. The van der Waals surface area contributed by atoms with Gasteiger partial charge in [-0.1, -0.05) is 0 Å². The van der Waals surface area contributed by atoms with Gasteiger partial charge in [0.1, 0.15) is 10.7 Å². The van der Waals surface area contributed by atoms with E-state index in [1.165, 1.54) is 4.31 Å². The lowest BCUT2D eigenvalue weighted by molar-refractivity contribution is 0.222. The fraction of sp³-hybridized carbons (Fsp3) is 0.455. The molecule has 0 amide bonds. The molecule has 1 fully saturated rings. The molecule has 106 valence electrons. The Hall–Kier alpha value is -0.700. The minimum Gasteiger partial charge on any atom is -0.398 e. The van der Waals surface area contributed by atoms with Gasteiger partial charge in [0.2, 0.25) is 10.0 Å². The number of hydrogen-bond acceptors (Lipinski definition) is 4. The molecular weight excluding hydrogens is 337 g/mol. The molecule has 1 heterocycles. The lowest BCUT2D eigenvalue weighted by Crippen LogP contribution is -2.47. The molecule has 0 unspecified atom stereocenters. The van der Waals surface area contributed by atoms with E-state index in [1.807, 2.05) is 11.9 Å². The van der Waals surface area contributed by atoms with E-state index in [0.717, 1.165) is 12.1 Å². The number of hydrogen-bond donors (Lipinski definition) is 1. The fourth-order valence-electron chi connectivity index (χ4n) is 1.91. The molecule has 2 N–H and O–H groups in total. The van der Waals surface area contributed by atoms with Crippen molar-refractivity contribution in [2.75, 3.05) is 39.0 Å². The van der Waals surface area contributed by atoms with Crippen molar-refractivity contribution < 1.29 is 12.8 Å². The second kappa shape index (κ2) is 5.35. The second-order valence-corrected chi connectivity index (χ2v) is 7.27. The van der Waals surface area contributed by atoms with E-state index in [0.29, 0.717) is 30.7 Å². The monoisotopic (exact) mass is 351 g/mol. The van der Waals surface area contributed by atoms with Gasteiger partial charge < -0.3 is 10.6 Å². The Morgan fingerprint density at radius 2 is 1.84 bits per heavy atom. The molecule has 0 atom stereocenters. The normalized spacial score (nSPS) is 18.7. The zero-order chi connectivity index (χ0) is 14.2. The maximum atomic E-state index is 13.9. The van der Waals surface area contributed by atoms with Crippen LogP contribution in [0.2, 0.25) is 0 Å². The Labute approximate surface area is 120 Å². The molecule has 0 spiro atoms. The summed E-state index contributed by atoms with van der Waals surface area (Å²) in [4.78, 5) is 1.66. The van der Waals surface area contributed by atoms with Crippen molar-refractivity contribution in [1.29, 1.82) is 0 Å². The van der Waals surface area contributed by atoms with Crippen molar-refractivity contribution in [3.63, 3.8) is 0 Å². The van der Waals surface area contributed by atoms with E-state index in [9.17, 15) is 12.8 Å². The summed E-state index contributed by atoms with van der Waals surface area (Å²) >= 11 is 3.07. The summed E-state index contributed by atoms with van der Waals surface area (Å²) < 4.78 is 40.2. The van der Waals surface area contributed by atoms with Crippen LogP contribution in [0.4, 0.5) is 10.1 Å². The molecule has 5 nitrogen and oxygen atoms in total. The van der Waals surface area contributed by atoms with E-state index in [4.69, 9.17) is 5.73 Å². The molecule has 0 saturated carbocycles. The van der Waals surface area contributed by atoms with Crippen molar-refractivity contribution in [1.82, 2.24) is 9.21 Å². The maximum absolute atomic E-state index is 13.9. The van der Waals surface area contributed by atoms with Crippen LogP contribution in [-0.4, -0.2) is 50.8 Å². The van der Waals surface area contributed by atoms with Crippen molar-refractivity contribution in [2.24, 2.45) is 0 Å². The lowest BCUT2D eigenvalue weighted by Gasteiger charge is -2.31. The van der Waals surface area contributed by atoms with Crippen molar-refractivity contribution in [2.45, 2.75) is 4.90 Å². The first-order valence-corrected chi connectivity index (χ1v) is 7.99. The average molecular weight is 352 g/mol. The van der Waals surface area contributed by atoms with Crippen molar-refractivity contribution in [3.05, 3.63) is 22.4 Å². The number of piperazine rings is 1. The zero-order valence-corrected chi connectivity index (χ0v) is 12.8. The van der Waals surface area contributed by atoms with Gasteiger partial charge in [0.15, 0.2) is 0 Å². The Kier molecular flexibility index (Phi) is 4.14. The number of likely N-dealkylation sites (N-methyl/N-ethyl adjacent to an activating group) is 1. The summed E-state index contributed by atoms with van der Waals surface area (Å²) in [5.41, 5.74) is 5.84. The first kappa shape index (κ1) is 14.7. The highest BCUT2D eigenvalue weighted by atomic mass is 79.9. The largest absolute Gasteiger partial charge is 0.398 e. The van der Waals surface area contributed by atoms with Crippen LogP contribution in [0.25, 0.3) is 0 Å². The summed E-state index contributed by atoms with van der Waals surface area (Å²) in [5.74, 6) is -0.792. The predicted octanol–water partition coefficient (Wildman–Crippen LogP) is 1.11. The lowest BCUT2D eigenvalue weighted by atomic mass is 10.3. The Balaban J connectivity index is 2.37. The topological polar surface area (TPSA) is 66.6 Å². The standard InChI is InChI=1S/C11H15BrFN3O2S/c1-15-2-4-16(5-3-15)19(17,18)11-7-10(14)8(12)6-9(11)13/h6-7H,2-5,14H2,1H3. The fourth-order valence-corrected chi connectivity index (χ4v) is 3.73. The van der Waals surface area contributed by atoms with Crippen LogP contribution in [0.5, 0.6) is 0 Å². The number of nitrogens with zero attached hydrogens (tertiary/aromatic N) is 2. The van der Waals surface area contributed by atoms with Crippen LogP contribution in [0.3, 0.4) is 0 Å². The van der Waals surface area contributed by atoms with Gasteiger partial charge in [-0.05, 0) is 35.1 Å². The maximum Gasteiger partial charge on any atom is 0.246 e. The third-order valence-electron chi connectivity index (χ3n) is 3.13. The van der Waals surface area contributed by atoms with Gasteiger partial charge in [-0.25, -0.2) is 12.8 Å². The van der Waals surface area contributed by atoms with Gasteiger partial charge >= 0.3 is 0 Å². The molecule has 1 aliphatic heterocycles. The molecule has 1 aromatic carbocycles. The van der Waals surface area contributed by atoms with E-state index in [1.54, 1.807) is 0 Å². The number of halogens is 2. The van der Waals surface area contributed by atoms with Crippen LogP contribution in [-0.2, 0) is 10.0 Å². The Morgan fingerprint density at radius 3 is 2.42 bits per heavy atom. The summed E-state index contributed by atoms with van der Waals surface area (Å²) in [7, 11) is -1.91. The number of sulfonamides is 1. The first-order chi connectivity index (χ1) is 8.82. The van der Waals surface area contributed by atoms with Gasteiger partial charge in [0.25, 0.3) is 0 Å². The predicted molar refractivity (Wildman–Crippen MR) is 74.8 cm³/mol. The molecule has 19 heavy (non-hydrogen) atoms. The molecule has 0 bridgehead atoms. The quantitative estimate of drug-likeness (QED) is 0.810. The first-order valence-electron chi connectivity index (χ1n) is 5.75. The minimum atomic E-state index is -3.82. The van der Waals surface area contributed by atoms with E-state index < -0.39 is 15.8 Å². The average Bonchev–Trinajstić information content (AvgIpc) is 2.34. The number of benzene rings is 1. The molecule has 1 aromatic rings. The molecule has 1 saturated heterocycles. The van der Waals surface area contributed by atoms with Crippen LogP contribution in [0.15, 0.2) is 21.5 Å². The van der Waals surface area contributed by atoms with Crippen LogP contribution < -0.4 is 5.73 Å². The Bertz CT molecular complexity index is 586. The molecular formula is C11H15BrFN3O2S. The zero-order valence-electron chi connectivity index (χ0n) is 10.4. The van der Waals surface area contributed by atoms with Crippen molar-refractivity contribution in [3.8, 4) is 0 Å². The number of anilines is 1. The summed E-state index contributed by atoms with van der Waals surface area (Å²) in [6, 6.07) is 2.24. The van der Waals surface area contributed by atoms with Gasteiger partial charge in [0, 0.05) is 36.3 Å². The van der Waals surface area contributed by atoms with Crippen LogP contribution in [0.1, 0.15) is 0 Å². The SMILES string of the molecule is CN1CCN(S(=O)(=O)c2cc(N)c(Br)cc2F)CC1. The molecule has 0 aromatic heterocycles.